The first-order chi connectivity index (χ1) is 7.00. The molecule has 2 aliphatic rings. The zero-order valence-electron chi connectivity index (χ0n) is 8.59. The third-order valence-electron chi connectivity index (χ3n) is 1.04. The van der Waals surface area contributed by atoms with Crippen LogP contribution >= 0.6 is 0 Å². The van der Waals surface area contributed by atoms with E-state index >= 15 is 0 Å². The lowest BCUT2D eigenvalue weighted by Crippen LogP contribution is -1.89. The predicted octanol–water partition coefficient (Wildman–Crippen LogP) is 2.14. The fourth-order valence-corrected chi connectivity index (χ4v) is 0.561. The second-order valence-electron chi connectivity index (χ2n) is 1.95. The third-order valence-corrected chi connectivity index (χ3v) is 1.04. The van der Waals surface area contributed by atoms with Gasteiger partial charge >= 0.3 is 0 Å². The highest BCUT2D eigenvalue weighted by molar-refractivity contribution is 5.48. The summed E-state index contributed by atoms with van der Waals surface area (Å²) in [5.74, 6) is 0. The van der Waals surface area contributed by atoms with E-state index in [-0.39, 0.29) is 0 Å². The summed E-state index contributed by atoms with van der Waals surface area (Å²) in [6, 6.07) is 0. The van der Waals surface area contributed by atoms with Crippen molar-refractivity contribution < 1.29 is 9.47 Å². The van der Waals surface area contributed by atoms with Gasteiger partial charge in [0.1, 0.15) is 6.61 Å². The Kier molecular flexibility index (Phi) is 10.1. The second-order valence-corrected chi connectivity index (χ2v) is 1.95. The lowest BCUT2D eigenvalue weighted by atomic mass is 10.6. The number of aliphatic imine (C=N–C) groups is 2. The smallest absolute Gasteiger partial charge is 0.176 e. The van der Waals surface area contributed by atoms with Crippen LogP contribution in [0.15, 0.2) is 34.6 Å². The van der Waals surface area contributed by atoms with Gasteiger partial charge in [-0.2, -0.15) is 0 Å². The standard InChI is InChI=1S/2C4H5NO.C2H6/c2*1-2-5-4-6-3-1;1-2/h1,3-4H,2H2;1-2,4H,3H2;1-2H3. The first-order valence-corrected chi connectivity index (χ1v) is 4.57. The van der Waals surface area contributed by atoms with Gasteiger partial charge in [-0.25, -0.2) is 4.99 Å². The number of nitrogens with zero attached hydrogens (tertiary/aromatic N) is 2. The van der Waals surface area contributed by atoms with Crippen molar-refractivity contribution in [1.82, 2.24) is 0 Å². The summed E-state index contributed by atoms with van der Waals surface area (Å²) in [5, 5.41) is 0. The minimum atomic E-state index is 0.670. The predicted molar refractivity (Wildman–Crippen MR) is 58.5 cm³/mol. The highest BCUT2D eigenvalue weighted by Crippen LogP contribution is 1.82. The molecular formula is C10H16N2O2. The minimum Gasteiger partial charge on any atom is -0.479 e. The Morgan fingerprint density at radius 2 is 2.00 bits per heavy atom. The summed E-state index contributed by atoms with van der Waals surface area (Å²) in [6.07, 6.45) is 9.89. The van der Waals surface area contributed by atoms with E-state index in [0.717, 1.165) is 6.54 Å². The van der Waals surface area contributed by atoms with Gasteiger partial charge in [0.2, 0.25) is 0 Å². The average Bonchev–Trinajstić information content (AvgIpc) is 2.37. The third kappa shape index (κ3) is 8.52. The fourth-order valence-electron chi connectivity index (χ4n) is 0.561. The van der Waals surface area contributed by atoms with E-state index in [4.69, 9.17) is 4.74 Å². The van der Waals surface area contributed by atoms with Crippen LogP contribution in [0, 0.1) is 0 Å². The fraction of sp³-hybridized carbons (Fsp3) is 0.400. The largest absolute Gasteiger partial charge is 0.479 e. The van der Waals surface area contributed by atoms with Crippen LogP contribution in [-0.4, -0.2) is 26.0 Å². The number of hydrogen-bond donors (Lipinski definition) is 0. The van der Waals surface area contributed by atoms with Crippen molar-refractivity contribution in [2.24, 2.45) is 9.98 Å². The highest BCUT2D eigenvalue weighted by Gasteiger charge is 1.76. The SMILES string of the molecule is C1=CN=COC1.C1=COC=NC1.CC. The molecule has 2 rings (SSSR count). The summed E-state index contributed by atoms with van der Waals surface area (Å²) in [4.78, 5) is 7.39. The van der Waals surface area contributed by atoms with Gasteiger partial charge in [-0.3, -0.25) is 4.99 Å². The van der Waals surface area contributed by atoms with E-state index in [1.54, 1.807) is 12.5 Å². The molecule has 0 spiro atoms. The Bertz CT molecular complexity index is 188. The van der Waals surface area contributed by atoms with Gasteiger partial charge in [0, 0.05) is 6.20 Å². The monoisotopic (exact) mass is 196 g/mol. The highest BCUT2D eigenvalue weighted by atomic mass is 16.5. The number of rotatable bonds is 0. The average molecular weight is 196 g/mol. The van der Waals surface area contributed by atoms with E-state index < -0.39 is 0 Å². The molecule has 0 atom stereocenters. The molecule has 0 fully saturated rings. The molecule has 0 radical (unpaired) electrons. The zero-order chi connectivity index (χ0) is 10.5. The van der Waals surface area contributed by atoms with Crippen LogP contribution in [0.3, 0.4) is 0 Å². The van der Waals surface area contributed by atoms with Crippen LogP contribution in [-0.2, 0) is 9.47 Å². The summed E-state index contributed by atoms with van der Waals surface area (Å²) in [5.41, 5.74) is 0. The maximum atomic E-state index is 4.69. The van der Waals surface area contributed by atoms with Crippen molar-refractivity contribution >= 4 is 12.8 Å². The van der Waals surface area contributed by atoms with Crippen LogP contribution in [0.1, 0.15) is 13.8 Å². The molecule has 4 nitrogen and oxygen atoms in total. The molecule has 78 valence electrons. The van der Waals surface area contributed by atoms with Crippen LogP contribution in [0.4, 0.5) is 0 Å². The summed E-state index contributed by atoms with van der Waals surface area (Å²) in [7, 11) is 0. The molecule has 0 aliphatic carbocycles. The molecule has 0 saturated heterocycles. The Balaban J connectivity index is 0.000000206. The lowest BCUT2D eigenvalue weighted by Gasteiger charge is -1.93. The molecule has 2 aliphatic heterocycles. The van der Waals surface area contributed by atoms with E-state index in [9.17, 15) is 0 Å². The Hall–Kier alpha value is -1.58. The maximum absolute atomic E-state index is 4.69. The van der Waals surface area contributed by atoms with Crippen LogP contribution in [0.5, 0.6) is 0 Å². The molecule has 0 unspecified atom stereocenters. The van der Waals surface area contributed by atoms with Gasteiger partial charge < -0.3 is 9.47 Å². The van der Waals surface area contributed by atoms with Crippen LogP contribution < -0.4 is 0 Å². The van der Waals surface area contributed by atoms with E-state index in [2.05, 4.69) is 14.7 Å². The quantitative estimate of drug-likeness (QED) is 0.595. The van der Waals surface area contributed by atoms with Crippen molar-refractivity contribution in [3.05, 3.63) is 24.6 Å². The minimum absolute atomic E-state index is 0.670. The van der Waals surface area contributed by atoms with Crippen molar-refractivity contribution in [3.8, 4) is 0 Å². The molecule has 0 aromatic carbocycles. The molecule has 14 heavy (non-hydrogen) atoms. The van der Waals surface area contributed by atoms with Crippen molar-refractivity contribution in [3.63, 3.8) is 0 Å². The first kappa shape index (κ1) is 12.4. The van der Waals surface area contributed by atoms with E-state index in [0.29, 0.717) is 6.61 Å². The van der Waals surface area contributed by atoms with E-state index in [1.165, 1.54) is 12.8 Å². The molecule has 0 bridgehead atoms. The van der Waals surface area contributed by atoms with Crippen molar-refractivity contribution in [2.45, 2.75) is 13.8 Å². The number of hydrogen-bond acceptors (Lipinski definition) is 4. The van der Waals surface area contributed by atoms with Crippen LogP contribution in [0.2, 0.25) is 0 Å². The molecule has 2 heterocycles. The Morgan fingerprint density at radius 1 is 1.14 bits per heavy atom. The van der Waals surface area contributed by atoms with Gasteiger partial charge in [0.05, 0.1) is 12.8 Å². The lowest BCUT2D eigenvalue weighted by molar-refractivity contribution is 0.362. The molecule has 0 amide bonds. The maximum Gasteiger partial charge on any atom is 0.176 e. The molecule has 0 aromatic heterocycles. The van der Waals surface area contributed by atoms with Gasteiger partial charge in [-0.15, -0.1) is 0 Å². The second kappa shape index (κ2) is 11.4. The van der Waals surface area contributed by atoms with Crippen molar-refractivity contribution in [2.75, 3.05) is 13.2 Å². The molecule has 4 heteroatoms. The Morgan fingerprint density at radius 3 is 2.14 bits per heavy atom. The summed E-state index contributed by atoms with van der Waals surface area (Å²) in [6.45, 7) is 5.43. The van der Waals surface area contributed by atoms with Gasteiger partial charge in [0.25, 0.3) is 0 Å². The summed E-state index contributed by atoms with van der Waals surface area (Å²) < 4.78 is 9.29. The topological polar surface area (TPSA) is 43.2 Å². The zero-order valence-corrected chi connectivity index (χ0v) is 8.59. The molecule has 0 N–H and O–H groups in total. The Labute approximate surface area is 84.7 Å². The first-order valence-electron chi connectivity index (χ1n) is 4.57. The molecule has 0 aromatic rings. The molecular weight excluding hydrogens is 180 g/mol. The van der Waals surface area contributed by atoms with Gasteiger partial charge in [0.15, 0.2) is 12.8 Å². The molecule has 0 saturated carbocycles. The van der Waals surface area contributed by atoms with Crippen molar-refractivity contribution in [1.29, 1.82) is 0 Å². The number of ether oxygens (including phenoxy) is 2. The van der Waals surface area contributed by atoms with Crippen LogP contribution in [0.25, 0.3) is 0 Å². The normalized spacial score (nSPS) is 15.3. The van der Waals surface area contributed by atoms with E-state index in [1.807, 2.05) is 26.0 Å². The van der Waals surface area contributed by atoms with Gasteiger partial charge in [-0.1, -0.05) is 13.8 Å². The van der Waals surface area contributed by atoms with Gasteiger partial charge in [-0.05, 0) is 12.2 Å². The summed E-state index contributed by atoms with van der Waals surface area (Å²) >= 11 is 0.